The molecule has 1 atom stereocenters. The Morgan fingerprint density at radius 1 is 0.581 bits per heavy atom. The topological polar surface area (TPSA) is 28.4 Å². The lowest BCUT2D eigenvalue weighted by atomic mass is 9.95. The summed E-state index contributed by atoms with van der Waals surface area (Å²) in [5.74, 6) is 0.934. The van der Waals surface area contributed by atoms with Gasteiger partial charge in [0.2, 0.25) is 0 Å². The predicted octanol–water partition coefficient (Wildman–Crippen LogP) is 11.4. The van der Waals surface area contributed by atoms with Gasteiger partial charge in [0.05, 0.1) is 17.1 Å². The summed E-state index contributed by atoms with van der Waals surface area (Å²) >= 11 is 1.86. The van der Waals surface area contributed by atoms with Crippen LogP contribution in [0.1, 0.15) is 11.7 Å². The van der Waals surface area contributed by atoms with Crippen molar-refractivity contribution in [3.8, 4) is 33.6 Å². The Balaban J connectivity index is 1.08. The van der Waals surface area contributed by atoms with Crippen LogP contribution in [0.4, 0.5) is 17.1 Å². The van der Waals surface area contributed by atoms with Crippen molar-refractivity contribution in [1.29, 1.82) is 0 Å². The fourth-order valence-electron chi connectivity index (χ4n) is 7.01. The van der Waals surface area contributed by atoms with Crippen LogP contribution in [0.25, 0.3) is 64.7 Å². The average Bonchev–Trinajstić information content (AvgIpc) is 3.76. The fourth-order valence-corrected chi connectivity index (χ4v) is 8.10. The van der Waals surface area contributed by atoms with Gasteiger partial charge >= 0.3 is 0 Å². The van der Waals surface area contributed by atoms with Crippen LogP contribution in [0.5, 0.6) is 0 Å². The van der Waals surface area contributed by atoms with Crippen LogP contribution in [-0.2, 0) is 0 Å². The second-order valence-corrected chi connectivity index (χ2v) is 12.5. The fraction of sp³-hybridized carbons (Fsp3) is 0.0256. The first-order valence-electron chi connectivity index (χ1n) is 14.6. The highest BCUT2D eigenvalue weighted by Crippen LogP contribution is 2.57. The molecule has 6 aromatic carbocycles. The van der Waals surface area contributed by atoms with Crippen molar-refractivity contribution >= 4 is 59.5 Å². The Kier molecular flexibility index (Phi) is 4.65. The zero-order chi connectivity index (χ0) is 28.1. The number of nitrogens with zero attached hydrogens (tertiary/aromatic N) is 1. The molecule has 0 aliphatic carbocycles. The van der Waals surface area contributed by atoms with Crippen LogP contribution in [0, 0.1) is 0 Å². The first kappa shape index (κ1) is 23.3. The van der Waals surface area contributed by atoms with E-state index in [1.807, 2.05) is 11.3 Å². The summed E-state index contributed by atoms with van der Waals surface area (Å²) in [7, 11) is 0. The van der Waals surface area contributed by atoms with Crippen molar-refractivity contribution in [2.75, 3.05) is 10.2 Å². The van der Waals surface area contributed by atoms with Crippen molar-refractivity contribution < 1.29 is 4.42 Å². The number of hydrogen-bond donors (Lipinski definition) is 1. The number of hydrogen-bond acceptors (Lipinski definition) is 4. The molecule has 2 aliphatic heterocycles. The van der Waals surface area contributed by atoms with Gasteiger partial charge in [-0.3, -0.25) is 0 Å². The molecule has 2 aromatic heterocycles. The molecule has 4 heteroatoms. The standard InChI is InChI=1S/C39H24N2OS/c1-2-9-29-28(8-1)38-37(41-33-11-5-4-10-32(33)40-39(29)41)31-22-25(17-19-34(31)42-38)23-13-15-24(16-14-23)26-18-20-36-30(21-26)27-7-3-6-12-35(27)43-36/h1-22,39-40H. The van der Waals surface area contributed by atoms with Crippen LogP contribution < -0.4 is 10.2 Å². The van der Waals surface area contributed by atoms with Gasteiger partial charge in [-0.15, -0.1) is 11.3 Å². The number of furan rings is 1. The number of anilines is 3. The minimum Gasteiger partial charge on any atom is -0.454 e. The molecule has 1 N–H and O–H groups in total. The third kappa shape index (κ3) is 3.30. The monoisotopic (exact) mass is 568 g/mol. The Bertz CT molecular complexity index is 2400. The molecule has 0 radical (unpaired) electrons. The van der Waals surface area contributed by atoms with Gasteiger partial charge in [-0.25, -0.2) is 0 Å². The maximum absolute atomic E-state index is 6.60. The van der Waals surface area contributed by atoms with Crippen LogP contribution in [0.3, 0.4) is 0 Å². The van der Waals surface area contributed by atoms with Crippen molar-refractivity contribution in [3.05, 3.63) is 139 Å². The van der Waals surface area contributed by atoms with E-state index < -0.39 is 0 Å². The molecule has 0 amide bonds. The van der Waals surface area contributed by atoms with Crippen LogP contribution in [0.15, 0.2) is 138 Å². The maximum Gasteiger partial charge on any atom is 0.159 e. The quantitative estimate of drug-likeness (QED) is 0.225. The summed E-state index contributed by atoms with van der Waals surface area (Å²) in [6.45, 7) is 0. The second-order valence-electron chi connectivity index (χ2n) is 11.4. The number of fused-ring (bicyclic) bond motifs is 13. The summed E-state index contributed by atoms with van der Waals surface area (Å²) in [5.41, 5.74) is 11.6. The van der Waals surface area contributed by atoms with Gasteiger partial charge < -0.3 is 14.6 Å². The Labute approximate surface area is 252 Å². The molecule has 4 heterocycles. The molecule has 0 fully saturated rings. The lowest BCUT2D eigenvalue weighted by Gasteiger charge is -2.32. The molecule has 10 rings (SSSR count). The molecule has 1 unspecified atom stereocenters. The SMILES string of the molecule is c1ccc2c(c1)NC1c3ccccc3-c3oc4ccc(-c5ccc(-c6ccc7sc8ccccc8c7c6)cc5)cc4c3N21. The molecule has 3 nitrogen and oxygen atoms in total. The molecule has 0 saturated carbocycles. The molecule has 8 aromatic rings. The Morgan fingerprint density at radius 2 is 1.26 bits per heavy atom. The minimum atomic E-state index is 0.0301. The second kappa shape index (κ2) is 8.60. The van der Waals surface area contributed by atoms with E-state index >= 15 is 0 Å². The lowest BCUT2D eigenvalue weighted by molar-refractivity contribution is 0.622. The average molecular weight is 569 g/mol. The van der Waals surface area contributed by atoms with Crippen molar-refractivity contribution in [3.63, 3.8) is 0 Å². The summed E-state index contributed by atoms with van der Waals surface area (Å²) in [4.78, 5) is 2.41. The van der Waals surface area contributed by atoms with E-state index in [9.17, 15) is 0 Å². The molecule has 43 heavy (non-hydrogen) atoms. The zero-order valence-electron chi connectivity index (χ0n) is 23.0. The summed E-state index contributed by atoms with van der Waals surface area (Å²) < 4.78 is 9.27. The maximum atomic E-state index is 6.60. The first-order chi connectivity index (χ1) is 21.3. The highest BCUT2D eigenvalue weighted by molar-refractivity contribution is 7.25. The zero-order valence-corrected chi connectivity index (χ0v) is 23.9. The number of thiophene rings is 1. The van der Waals surface area contributed by atoms with E-state index in [-0.39, 0.29) is 6.17 Å². The Hall–Kier alpha value is -5.32. The van der Waals surface area contributed by atoms with Crippen molar-refractivity contribution in [2.45, 2.75) is 6.17 Å². The van der Waals surface area contributed by atoms with Crippen LogP contribution >= 0.6 is 11.3 Å². The summed E-state index contributed by atoms with van der Waals surface area (Å²) in [6.07, 6.45) is 0.0301. The van der Waals surface area contributed by atoms with E-state index in [0.717, 1.165) is 33.7 Å². The van der Waals surface area contributed by atoms with E-state index in [1.165, 1.54) is 53.7 Å². The van der Waals surface area contributed by atoms with E-state index in [4.69, 9.17) is 4.42 Å². The van der Waals surface area contributed by atoms with Gasteiger partial charge in [0.15, 0.2) is 5.76 Å². The third-order valence-electron chi connectivity index (χ3n) is 9.04. The Morgan fingerprint density at radius 3 is 2.14 bits per heavy atom. The van der Waals surface area contributed by atoms with E-state index in [2.05, 4.69) is 144 Å². The van der Waals surface area contributed by atoms with E-state index in [1.54, 1.807) is 0 Å². The van der Waals surface area contributed by atoms with Gasteiger partial charge in [0, 0.05) is 36.7 Å². The molecular formula is C39H24N2OS. The van der Waals surface area contributed by atoms with Gasteiger partial charge in [-0.05, 0) is 64.7 Å². The normalized spacial score (nSPS) is 14.9. The van der Waals surface area contributed by atoms with E-state index in [0.29, 0.717) is 0 Å². The molecule has 0 bridgehead atoms. The predicted molar refractivity (Wildman–Crippen MR) is 180 cm³/mol. The molecule has 0 saturated heterocycles. The van der Waals surface area contributed by atoms with Crippen molar-refractivity contribution in [1.82, 2.24) is 0 Å². The molecular weight excluding hydrogens is 545 g/mol. The highest BCUT2D eigenvalue weighted by atomic mass is 32.1. The number of para-hydroxylation sites is 2. The first-order valence-corrected chi connectivity index (χ1v) is 15.4. The molecule has 2 aliphatic rings. The van der Waals surface area contributed by atoms with Crippen molar-refractivity contribution in [2.24, 2.45) is 0 Å². The van der Waals surface area contributed by atoms with Gasteiger partial charge in [-0.1, -0.05) is 91.0 Å². The number of nitrogens with one attached hydrogen (secondary N) is 1. The smallest absolute Gasteiger partial charge is 0.159 e. The van der Waals surface area contributed by atoms with Gasteiger partial charge in [-0.2, -0.15) is 0 Å². The van der Waals surface area contributed by atoms with Gasteiger partial charge in [0.1, 0.15) is 11.7 Å². The third-order valence-corrected chi connectivity index (χ3v) is 10.2. The van der Waals surface area contributed by atoms with Crippen LogP contribution in [-0.4, -0.2) is 0 Å². The summed E-state index contributed by atoms with van der Waals surface area (Å²) in [6, 6.07) is 48.2. The summed E-state index contributed by atoms with van der Waals surface area (Å²) in [5, 5.41) is 7.55. The minimum absolute atomic E-state index is 0.0301. The number of rotatable bonds is 2. The molecule has 0 spiro atoms. The highest BCUT2D eigenvalue weighted by Gasteiger charge is 2.40. The van der Waals surface area contributed by atoms with Gasteiger partial charge in [0.25, 0.3) is 0 Å². The largest absolute Gasteiger partial charge is 0.454 e. The van der Waals surface area contributed by atoms with Crippen LogP contribution in [0.2, 0.25) is 0 Å². The molecule has 202 valence electrons. The lowest BCUT2D eigenvalue weighted by Crippen LogP contribution is -2.27. The number of benzene rings is 6.